The van der Waals surface area contributed by atoms with E-state index in [2.05, 4.69) is 0 Å². The van der Waals surface area contributed by atoms with Crippen molar-refractivity contribution in [3.05, 3.63) is 50.9 Å². The van der Waals surface area contributed by atoms with E-state index in [1.165, 1.54) is 29.6 Å². The van der Waals surface area contributed by atoms with Crippen LogP contribution in [-0.2, 0) is 16.6 Å². The number of halogens is 2. The van der Waals surface area contributed by atoms with Crippen molar-refractivity contribution < 1.29 is 22.7 Å². The second-order valence-electron chi connectivity index (χ2n) is 5.40. The molecular formula is C15H13ClFNO4S2. The lowest BCUT2D eigenvalue weighted by Crippen LogP contribution is -2.33. The fraction of sp³-hybridized carbons (Fsp3) is 0.267. The van der Waals surface area contributed by atoms with Gasteiger partial charge in [-0.25, -0.2) is 17.6 Å². The Morgan fingerprint density at radius 1 is 1.38 bits per heavy atom. The summed E-state index contributed by atoms with van der Waals surface area (Å²) in [7, 11) is -4.06. The van der Waals surface area contributed by atoms with Gasteiger partial charge in [-0.15, -0.1) is 11.3 Å². The molecule has 1 N–H and O–H groups in total. The first-order valence-electron chi connectivity index (χ1n) is 7.08. The van der Waals surface area contributed by atoms with Crippen molar-refractivity contribution in [1.29, 1.82) is 0 Å². The number of rotatable bonds is 6. The topological polar surface area (TPSA) is 74.7 Å². The van der Waals surface area contributed by atoms with E-state index < -0.39 is 21.8 Å². The lowest BCUT2D eigenvalue weighted by atomic mass is 10.2. The number of sulfonamides is 1. The summed E-state index contributed by atoms with van der Waals surface area (Å²) < 4.78 is 41.0. The molecule has 1 fully saturated rings. The Morgan fingerprint density at radius 2 is 2.08 bits per heavy atom. The summed E-state index contributed by atoms with van der Waals surface area (Å²) in [6.45, 7) is -0.229. The zero-order valence-electron chi connectivity index (χ0n) is 12.3. The van der Waals surface area contributed by atoms with Crippen molar-refractivity contribution in [3.8, 4) is 0 Å². The highest BCUT2D eigenvalue weighted by Gasteiger charge is 2.40. The Balaban J connectivity index is 2.02. The Hall–Kier alpha value is -1.48. The third-order valence-electron chi connectivity index (χ3n) is 3.74. The smallest absolute Gasteiger partial charge is 0.347 e. The average molecular weight is 390 g/mol. The Morgan fingerprint density at radius 3 is 2.67 bits per heavy atom. The van der Waals surface area contributed by atoms with Gasteiger partial charge in [0, 0.05) is 23.2 Å². The molecule has 3 rings (SSSR count). The molecule has 1 aliphatic carbocycles. The molecule has 0 aliphatic heterocycles. The van der Waals surface area contributed by atoms with E-state index in [9.17, 15) is 22.7 Å². The number of nitrogens with zero attached hydrogens (tertiary/aromatic N) is 1. The monoisotopic (exact) mass is 389 g/mol. The van der Waals surface area contributed by atoms with Crippen LogP contribution in [0.2, 0.25) is 5.02 Å². The number of hydrogen-bond acceptors (Lipinski definition) is 4. The van der Waals surface area contributed by atoms with Gasteiger partial charge >= 0.3 is 5.97 Å². The highest BCUT2D eigenvalue weighted by molar-refractivity contribution is 7.89. The Labute approximate surface area is 147 Å². The van der Waals surface area contributed by atoms with E-state index in [0.717, 1.165) is 15.6 Å². The molecule has 0 unspecified atom stereocenters. The Bertz CT molecular complexity index is 872. The molecule has 0 spiro atoms. The molecular weight excluding hydrogens is 377 g/mol. The van der Waals surface area contributed by atoms with Crippen LogP contribution in [-0.4, -0.2) is 29.8 Å². The molecule has 0 bridgehead atoms. The van der Waals surface area contributed by atoms with Gasteiger partial charge in [-0.05, 0) is 36.4 Å². The highest BCUT2D eigenvalue weighted by atomic mass is 35.5. The molecule has 0 radical (unpaired) electrons. The lowest BCUT2D eigenvalue weighted by molar-refractivity contribution is 0.0698. The molecule has 0 amide bonds. The van der Waals surface area contributed by atoms with Crippen molar-refractivity contribution in [3.63, 3.8) is 0 Å². The summed E-state index contributed by atoms with van der Waals surface area (Å²) in [6, 6.07) is 5.14. The van der Waals surface area contributed by atoms with Gasteiger partial charge in [-0.3, -0.25) is 0 Å². The van der Waals surface area contributed by atoms with Crippen LogP contribution in [0.15, 0.2) is 34.5 Å². The normalized spacial score (nSPS) is 15.0. The number of benzene rings is 1. The van der Waals surface area contributed by atoms with Gasteiger partial charge in [-0.2, -0.15) is 4.31 Å². The molecule has 128 valence electrons. The van der Waals surface area contributed by atoms with Gasteiger partial charge in [0.05, 0.1) is 0 Å². The largest absolute Gasteiger partial charge is 0.477 e. The zero-order chi connectivity index (χ0) is 17.5. The maximum Gasteiger partial charge on any atom is 0.347 e. The predicted octanol–water partition coefficient (Wildman–Crippen LogP) is 3.59. The quantitative estimate of drug-likeness (QED) is 0.819. The van der Waals surface area contributed by atoms with Crippen molar-refractivity contribution in [2.45, 2.75) is 30.3 Å². The minimum atomic E-state index is -4.06. The molecule has 0 atom stereocenters. The molecule has 1 heterocycles. The van der Waals surface area contributed by atoms with Gasteiger partial charge < -0.3 is 5.11 Å². The van der Waals surface area contributed by atoms with Crippen molar-refractivity contribution in [2.75, 3.05) is 0 Å². The minimum Gasteiger partial charge on any atom is -0.477 e. The van der Waals surface area contributed by atoms with Crippen LogP contribution < -0.4 is 0 Å². The summed E-state index contributed by atoms with van der Waals surface area (Å²) in [5.74, 6) is -1.89. The van der Waals surface area contributed by atoms with Gasteiger partial charge in [-0.1, -0.05) is 17.7 Å². The molecule has 9 heteroatoms. The fourth-order valence-electron chi connectivity index (χ4n) is 2.39. The predicted molar refractivity (Wildman–Crippen MR) is 88.4 cm³/mol. The second kappa shape index (κ2) is 6.44. The maximum absolute atomic E-state index is 14.0. The van der Waals surface area contributed by atoms with Crippen LogP contribution in [0.25, 0.3) is 0 Å². The third kappa shape index (κ3) is 3.19. The van der Waals surface area contributed by atoms with Gasteiger partial charge in [0.25, 0.3) is 0 Å². The summed E-state index contributed by atoms with van der Waals surface area (Å²) >= 11 is 6.84. The molecule has 2 aromatic rings. The zero-order valence-corrected chi connectivity index (χ0v) is 14.7. The minimum absolute atomic E-state index is 0.0850. The van der Waals surface area contributed by atoms with Crippen molar-refractivity contribution in [2.24, 2.45) is 0 Å². The van der Waals surface area contributed by atoms with Crippen LogP contribution >= 0.6 is 22.9 Å². The summed E-state index contributed by atoms with van der Waals surface area (Å²) in [5, 5.41) is 10.7. The van der Waals surface area contributed by atoms with E-state index in [1.807, 2.05) is 0 Å². The van der Waals surface area contributed by atoms with Gasteiger partial charge in [0.15, 0.2) is 0 Å². The summed E-state index contributed by atoms with van der Waals surface area (Å²) in [5.41, 5.74) is 0.0850. The molecule has 1 saturated carbocycles. The molecule has 1 aromatic carbocycles. The standard InChI is InChI=1S/C15H13ClFNO4S2/c16-11-2-1-3-12(17)10(11)8-18(9-4-5-9)24(21,22)13-6-7-23-14(13)15(19)20/h1-3,6-7,9H,4-5,8H2,(H,19,20). The molecule has 1 aromatic heterocycles. The average Bonchev–Trinajstić information content (AvgIpc) is 3.20. The van der Waals surface area contributed by atoms with Crippen LogP contribution in [0.1, 0.15) is 28.1 Å². The lowest BCUT2D eigenvalue weighted by Gasteiger charge is -2.22. The number of carboxylic acids is 1. The third-order valence-corrected chi connectivity index (χ3v) is 7.07. The van der Waals surface area contributed by atoms with E-state index in [4.69, 9.17) is 11.6 Å². The van der Waals surface area contributed by atoms with E-state index in [1.54, 1.807) is 0 Å². The first-order chi connectivity index (χ1) is 11.3. The SMILES string of the molecule is O=C(O)c1sccc1S(=O)(=O)N(Cc1c(F)cccc1Cl)C1CC1. The molecule has 0 saturated heterocycles. The number of aromatic carboxylic acids is 1. The van der Waals surface area contributed by atoms with E-state index >= 15 is 0 Å². The van der Waals surface area contributed by atoms with Crippen LogP contribution in [0.3, 0.4) is 0 Å². The van der Waals surface area contributed by atoms with Gasteiger partial charge in [0.2, 0.25) is 10.0 Å². The molecule has 24 heavy (non-hydrogen) atoms. The fourth-order valence-corrected chi connectivity index (χ4v) is 5.51. The van der Waals surface area contributed by atoms with Crippen LogP contribution in [0, 0.1) is 5.82 Å². The number of carboxylic acid groups (broad SMARTS) is 1. The second-order valence-corrected chi connectivity index (χ2v) is 8.58. The summed E-state index contributed by atoms with van der Waals surface area (Å²) in [6.07, 6.45) is 1.30. The molecule has 1 aliphatic rings. The van der Waals surface area contributed by atoms with Crippen LogP contribution in [0.4, 0.5) is 4.39 Å². The Kier molecular flexibility index (Phi) is 4.65. The van der Waals surface area contributed by atoms with Crippen molar-refractivity contribution in [1.82, 2.24) is 4.31 Å². The highest BCUT2D eigenvalue weighted by Crippen LogP contribution is 2.36. The number of hydrogen-bond donors (Lipinski definition) is 1. The van der Waals surface area contributed by atoms with E-state index in [0.29, 0.717) is 12.8 Å². The maximum atomic E-state index is 14.0. The number of thiophene rings is 1. The van der Waals surface area contributed by atoms with Crippen LogP contribution in [0.5, 0.6) is 0 Å². The number of carbonyl (C=O) groups is 1. The van der Waals surface area contributed by atoms with E-state index in [-0.39, 0.29) is 32.9 Å². The first-order valence-corrected chi connectivity index (χ1v) is 9.77. The first kappa shape index (κ1) is 17.3. The summed E-state index contributed by atoms with van der Waals surface area (Å²) in [4.78, 5) is 10.7. The van der Waals surface area contributed by atoms with Gasteiger partial charge in [0.1, 0.15) is 15.6 Å². The molecule has 5 nitrogen and oxygen atoms in total. The van der Waals surface area contributed by atoms with Crippen molar-refractivity contribution >= 4 is 38.9 Å².